The highest BCUT2D eigenvalue weighted by Crippen LogP contribution is 2.40. The SMILES string of the molecule is C=CC[N+](CC=C)=C1SCC(O)(c2ccc(Cl)c(S(N)(=O)=O)c2)N1CC. The van der Waals surface area contributed by atoms with Gasteiger partial charge >= 0.3 is 5.17 Å². The maximum atomic E-state index is 11.8. The number of nitrogens with zero attached hydrogens (tertiary/aromatic N) is 2. The van der Waals surface area contributed by atoms with Crippen molar-refractivity contribution in [3.05, 3.63) is 54.1 Å². The number of primary sulfonamides is 1. The molecule has 0 amide bonds. The van der Waals surface area contributed by atoms with Crippen LogP contribution in [-0.2, 0) is 15.7 Å². The van der Waals surface area contributed by atoms with Crippen LogP contribution in [0, 0.1) is 0 Å². The maximum Gasteiger partial charge on any atom is 0.311 e. The van der Waals surface area contributed by atoms with E-state index in [1.807, 2.05) is 16.4 Å². The minimum Gasteiger partial charge on any atom is -0.349 e. The Balaban J connectivity index is 2.58. The first-order valence-electron chi connectivity index (χ1n) is 7.98. The molecule has 1 aliphatic rings. The smallest absolute Gasteiger partial charge is 0.311 e. The van der Waals surface area contributed by atoms with Crippen molar-refractivity contribution in [2.45, 2.75) is 17.5 Å². The second-order valence-electron chi connectivity index (χ2n) is 5.80. The highest BCUT2D eigenvalue weighted by Gasteiger charge is 2.51. The number of hydrogen-bond donors (Lipinski definition) is 2. The van der Waals surface area contributed by atoms with Crippen molar-refractivity contribution >= 4 is 38.6 Å². The molecule has 0 aromatic heterocycles. The Bertz CT molecular complexity index is 843. The summed E-state index contributed by atoms with van der Waals surface area (Å²) in [7, 11) is -4.00. The molecule has 26 heavy (non-hydrogen) atoms. The minimum absolute atomic E-state index is 0.0256. The molecule has 2 rings (SSSR count). The molecule has 142 valence electrons. The van der Waals surface area contributed by atoms with Crippen molar-refractivity contribution < 1.29 is 18.1 Å². The fourth-order valence-corrected chi connectivity index (χ4v) is 5.38. The number of benzene rings is 1. The summed E-state index contributed by atoms with van der Waals surface area (Å²) in [5.41, 5.74) is -0.952. The molecule has 0 aliphatic carbocycles. The van der Waals surface area contributed by atoms with Crippen molar-refractivity contribution in [3.63, 3.8) is 0 Å². The van der Waals surface area contributed by atoms with Gasteiger partial charge in [-0.3, -0.25) is 0 Å². The second-order valence-corrected chi connectivity index (χ2v) is 8.68. The quantitative estimate of drug-likeness (QED) is 0.524. The van der Waals surface area contributed by atoms with E-state index in [9.17, 15) is 13.5 Å². The van der Waals surface area contributed by atoms with E-state index < -0.39 is 15.7 Å². The van der Waals surface area contributed by atoms with Crippen molar-refractivity contribution in [1.29, 1.82) is 0 Å². The fourth-order valence-electron chi connectivity index (χ4n) is 2.89. The lowest BCUT2D eigenvalue weighted by Crippen LogP contribution is -2.47. The van der Waals surface area contributed by atoms with Gasteiger partial charge < -0.3 is 5.11 Å². The number of halogens is 1. The van der Waals surface area contributed by atoms with Crippen molar-refractivity contribution in [2.75, 3.05) is 25.4 Å². The molecule has 1 atom stereocenters. The van der Waals surface area contributed by atoms with Gasteiger partial charge in [-0.1, -0.05) is 43.0 Å². The number of rotatable bonds is 7. The summed E-state index contributed by atoms with van der Waals surface area (Å²) in [5.74, 6) is 0.340. The van der Waals surface area contributed by atoms with E-state index in [4.69, 9.17) is 16.7 Å². The van der Waals surface area contributed by atoms with E-state index in [1.54, 1.807) is 18.2 Å². The first kappa shape index (κ1) is 21.0. The lowest BCUT2D eigenvalue weighted by atomic mass is 10.0. The monoisotopic (exact) mass is 416 g/mol. The fraction of sp³-hybridized carbons (Fsp3) is 0.353. The van der Waals surface area contributed by atoms with E-state index in [0.717, 1.165) is 5.17 Å². The molecule has 1 fully saturated rings. The maximum absolute atomic E-state index is 11.8. The van der Waals surface area contributed by atoms with E-state index in [0.29, 0.717) is 31.0 Å². The average Bonchev–Trinajstić information content (AvgIpc) is 2.91. The van der Waals surface area contributed by atoms with Crippen LogP contribution in [0.5, 0.6) is 0 Å². The Morgan fingerprint density at radius 1 is 1.42 bits per heavy atom. The lowest BCUT2D eigenvalue weighted by Gasteiger charge is -2.28. The van der Waals surface area contributed by atoms with E-state index in [-0.39, 0.29) is 9.92 Å². The summed E-state index contributed by atoms with van der Waals surface area (Å²) in [5, 5.41) is 17.5. The van der Waals surface area contributed by atoms with Crippen LogP contribution in [0.3, 0.4) is 0 Å². The van der Waals surface area contributed by atoms with Crippen molar-refractivity contribution in [2.24, 2.45) is 5.14 Å². The van der Waals surface area contributed by atoms with Gasteiger partial charge in [0, 0.05) is 5.56 Å². The summed E-state index contributed by atoms with van der Waals surface area (Å²) < 4.78 is 25.6. The number of thioether (sulfide) groups is 1. The number of amidine groups is 1. The first-order valence-corrected chi connectivity index (χ1v) is 10.9. The summed E-state index contributed by atoms with van der Waals surface area (Å²) >= 11 is 7.46. The molecule has 1 aromatic rings. The van der Waals surface area contributed by atoms with Crippen LogP contribution >= 0.6 is 23.4 Å². The molecule has 9 heteroatoms. The number of nitrogens with two attached hydrogens (primary N) is 1. The summed E-state index contributed by atoms with van der Waals surface area (Å²) in [6.07, 6.45) is 3.56. The van der Waals surface area contributed by atoms with Gasteiger partial charge in [-0.2, -0.15) is 0 Å². The molecule has 6 nitrogen and oxygen atoms in total. The molecule has 0 bridgehead atoms. The average molecular weight is 417 g/mol. The standard InChI is InChI=1S/C17H23ClN3O3S2/c1-4-9-20(10-5-2)16-21(6-3)17(22,12-25-16)13-7-8-14(18)15(11-13)26(19,23)24/h4-5,7-8,11,22H,1-2,6,9-10,12H2,3H3,(H2,19,23,24)/q+1. The highest BCUT2D eigenvalue weighted by molar-refractivity contribution is 8.13. The predicted molar refractivity (Wildman–Crippen MR) is 107 cm³/mol. The molecular formula is C17H23ClN3O3S2+. The van der Waals surface area contributed by atoms with Gasteiger partial charge in [0.25, 0.3) is 0 Å². The highest BCUT2D eigenvalue weighted by atomic mass is 35.5. The molecule has 0 radical (unpaired) electrons. The number of sulfonamides is 1. The molecule has 1 aromatic carbocycles. The normalized spacial score (nSPS) is 20.3. The van der Waals surface area contributed by atoms with Gasteiger partial charge in [-0.25, -0.2) is 23.0 Å². The predicted octanol–water partition coefficient (Wildman–Crippen LogP) is 1.94. The molecule has 1 unspecified atom stereocenters. The first-order chi connectivity index (χ1) is 12.2. The Morgan fingerprint density at radius 2 is 2.04 bits per heavy atom. The van der Waals surface area contributed by atoms with Gasteiger partial charge in [0.05, 0.1) is 17.3 Å². The summed E-state index contributed by atoms with van der Waals surface area (Å²) in [4.78, 5) is 1.63. The van der Waals surface area contributed by atoms with Gasteiger partial charge in [0.1, 0.15) is 18.0 Å². The van der Waals surface area contributed by atoms with E-state index in [2.05, 4.69) is 13.2 Å². The van der Waals surface area contributed by atoms with Crippen LogP contribution in [0.2, 0.25) is 5.02 Å². The molecule has 1 aliphatic heterocycles. The number of hydrogen-bond acceptors (Lipinski definition) is 4. The Morgan fingerprint density at radius 3 is 2.54 bits per heavy atom. The summed E-state index contributed by atoms with van der Waals surface area (Å²) in [6.45, 7) is 11.2. The van der Waals surface area contributed by atoms with Crippen molar-refractivity contribution in [1.82, 2.24) is 4.90 Å². The zero-order valence-electron chi connectivity index (χ0n) is 14.6. The van der Waals surface area contributed by atoms with Gasteiger partial charge in [0.15, 0.2) is 0 Å². The van der Waals surface area contributed by atoms with Gasteiger partial charge in [0.2, 0.25) is 15.7 Å². The molecule has 3 N–H and O–H groups in total. The van der Waals surface area contributed by atoms with Crippen LogP contribution in [0.4, 0.5) is 0 Å². The molecule has 1 saturated heterocycles. The molecule has 0 saturated carbocycles. The Kier molecular flexibility index (Phi) is 6.57. The van der Waals surface area contributed by atoms with E-state index in [1.165, 1.54) is 23.9 Å². The molecular weight excluding hydrogens is 394 g/mol. The van der Waals surface area contributed by atoms with Gasteiger partial charge in [-0.05, 0) is 30.8 Å². The topological polar surface area (TPSA) is 86.6 Å². The molecule has 0 spiro atoms. The Hall–Kier alpha value is -1.32. The zero-order valence-corrected chi connectivity index (χ0v) is 16.9. The van der Waals surface area contributed by atoms with Crippen LogP contribution in [0.1, 0.15) is 12.5 Å². The largest absolute Gasteiger partial charge is 0.349 e. The van der Waals surface area contributed by atoms with Crippen LogP contribution in [0.25, 0.3) is 0 Å². The van der Waals surface area contributed by atoms with Crippen LogP contribution in [-0.4, -0.2) is 53.6 Å². The van der Waals surface area contributed by atoms with Crippen LogP contribution in [0.15, 0.2) is 48.4 Å². The number of aliphatic hydroxyl groups is 1. The minimum atomic E-state index is -4.00. The molecule has 1 heterocycles. The van der Waals surface area contributed by atoms with E-state index >= 15 is 0 Å². The third kappa shape index (κ3) is 3.99. The van der Waals surface area contributed by atoms with Crippen LogP contribution < -0.4 is 5.14 Å². The van der Waals surface area contributed by atoms with Gasteiger partial charge in [-0.15, -0.1) is 0 Å². The zero-order chi connectivity index (χ0) is 19.5. The third-order valence-corrected chi connectivity index (χ3v) is 6.74. The summed E-state index contributed by atoms with van der Waals surface area (Å²) in [6, 6.07) is 4.40. The lowest BCUT2D eigenvalue weighted by molar-refractivity contribution is -0.510. The third-order valence-electron chi connectivity index (χ3n) is 4.07. The second kappa shape index (κ2) is 8.14. The Labute approximate surface area is 163 Å². The van der Waals surface area contributed by atoms with Crippen molar-refractivity contribution in [3.8, 4) is 0 Å².